The molecule has 0 atom stereocenters. The highest BCUT2D eigenvalue weighted by molar-refractivity contribution is 5.04. The van der Waals surface area contributed by atoms with E-state index in [1.807, 2.05) is 0 Å². The van der Waals surface area contributed by atoms with Crippen LogP contribution in [-0.4, -0.2) is 19.9 Å². The Morgan fingerprint density at radius 2 is 2.19 bits per heavy atom. The van der Waals surface area contributed by atoms with Crippen molar-refractivity contribution in [1.82, 2.24) is 19.9 Å². The highest BCUT2D eigenvalue weighted by Gasteiger charge is 2.33. The molecule has 0 spiro atoms. The molecule has 0 saturated carbocycles. The summed E-state index contributed by atoms with van der Waals surface area (Å²) in [5, 5.41) is 6.91. The minimum absolute atomic E-state index is 0.0490. The van der Waals surface area contributed by atoms with Crippen molar-refractivity contribution in [3.63, 3.8) is 0 Å². The van der Waals surface area contributed by atoms with Gasteiger partial charge in [0.1, 0.15) is 6.54 Å². The van der Waals surface area contributed by atoms with Crippen LogP contribution >= 0.6 is 0 Å². The zero-order chi connectivity index (χ0) is 11.8. The molecule has 5 nitrogen and oxygen atoms in total. The molecule has 2 heterocycles. The number of halogens is 3. The summed E-state index contributed by atoms with van der Waals surface area (Å²) < 4.78 is 42.4. The van der Waals surface area contributed by atoms with Crippen molar-refractivity contribution in [1.29, 1.82) is 0 Å². The number of aromatic nitrogens is 4. The number of hydrogen-bond acceptors (Lipinski definition) is 4. The van der Waals surface area contributed by atoms with Crippen molar-refractivity contribution in [2.24, 2.45) is 0 Å². The van der Waals surface area contributed by atoms with E-state index in [-0.39, 0.29) is 12.4 Å². The summed E-state index contributed by atoms with van der Waals surface area (Å²) in [4.78, 5) is 3.86. The number of alkyl halides is 3. The summed E-state index contributed by atoms with van der Waals surface area (Å²) in [6.07, 6.45) is -3.22. The fourth-order valence-electron chi connectivity index (χ4n) is 1.15. The Hall–Kier alpha value is -1.86. The Labute approximate surface area is 87.9 Å². The van der Waals surface area contributed by atoms with Crippen LogP contribution in [0.2, 0.25) is 0 Å². The molecule has 0 aliphatic heterocycles. The molecule has 0 radical (unpaired) electrons. The zero-order valence-electron chi connectivity index (χ0n) is 8.19. The van der Waals surface area contributed by atoms with Crippen molar-refractivity contribution in [3.05, 3.63) is 29.7 Å². The van der Waals surface area contributed by atoms with Crippen LogP contribution in [0.1, 0.15) is 17.4 Å². The SMILES string of the molecule is Cc1nc(Cn2ccc(C(F)(F)F)n2)no1. The van der Waals surface area contributed by atoms with Crippen molar-refractivity contribution in [2.45, 2.75) is 19.6 Å². The largest absolute Gasteiger partial charge is 0.435 e. The number of rotatable bonds is 2. The lowest BCUT2D eigenvalue weighted by Crippen LogP contribution is -2.09. The van der Waals surface area contributed by atoms with Crippen LogP contribution in [0.15, 0.2) is 16.8 Å². The van der Waals surface area contributed by atoms with E-state index in [0.717, 1.165) is 10.7 Å². The Kier molecular flexibility index (Phi) is 2.41. The quantitative estimate of drug-likeness (QED) is 0.789. The molecule has 0 amide bonds. The van der Waals surface area contributed by atoms with Crippen molar-refractivity contribution >= 4 is 0 Å². The van der Waals surface area contributed by atoms with Gasteiger partial charge in [-0.15, -0.1) is 0 Å². The summed E-state index contributed by atoms with van der Waals surface area (Å²) in [5.74, 6) is 0.646. The van der Waals surface area contributed by atoms with Gasteiger partial charge in [-0.1, -0.05) is 5.16 Å². The molecule has 2 aromatic heterocycles. The Morgan fingerprint density at radius 3 is 2.69 bits per heavy atom. The van der Waals surface area contributed by atoms with E-state index in [0.29, 0.717) is 5.89 Å². The second-order valence-electron chi connectivity index (χ2n) is 3.13. The van der Waals surface area contributed by atoms with E-state index >= 15 is 0 Å². The Morgan fingerprint density at radius 1 is 1.44 bits per heavy atom. The van der Waals surface area contributed by atoms with Gasteiger partial charge in [0.05, 0.1) is 0 Å². The van der Waals surface area contributed by atoms with Gasteiger partial charge in [-0.25, -0.2) is 0 Å². The maximum Gasteiger partial charge on any atom is 0.435 e. The first kappa shape index (κ1) is 10.7. The van der Waals surface area contributed by atoms with E-state index in [2.05, 4.69) is 19.8 Å². The van der Waals surface area contributed by atoms with Gasteiger partial charge in [0.15, 0.2) is 11.5 Å². The Bertz CT molecular complexity index is 487. The molecule has 2 aromatic rings. The van der Waals surface area contributed by atoms with E-state index in [4.69, 9.17) is 0 Å². The van der Waals surface area contributed by atoms with Gasteiger partial charge in [-0.3, -0.25) is 4.68 Å². The molecular formula is C8H7F3N4O. The number of aryl methyl sites for hydroxylation is 1. The lowest BCUT2D eigenvalue weighted by atomic mass is 10.4. The van der Waals surface area contributed by atoms with Crippen molar-refractivity contribution < 1.29 is 17.7 Å². The molecule has 0 aliphatic rings. The average Bonchev–Trinajstić information content (AvgIpc) is 2.74. The molecule has 8 heteroatoms. The highest BCUT2D eigenvalue weighted by Crippen LogP contribution is 2.27. The van der Waals surface area contributed by atoms with Gasteiger partial charge in [0.25, 0.3) is 0 Å². The standard InChI is InChI=1S/C8H7F3N4O/c1-5-12-7(14-16-5)4-15-3-2-6(13-15)8(9,10)11/h2-3H,4H2,1H3. The topological polar surface area (TPSA) is 56.7 Å². The van der Waals surface area contributed by atoms with Crippen molar-refractivity contribution in [3.8, 4) is 0 Å². The molecule has 0 fully saturated rings. The molecule has 86 valence electrons. The monoisotopic (exact) mass is 232 g/mol. The van der Waals surface area contributed by atoms with Crippen LogP contribution in [0.3, 0.4) is 0 Å². The summed E-state index contributed by atoms with van der Waals surface area (Å²) >= 11 is 0. The smallest absolute Gasteiger partial charge is 0.340 e. The Balaban J connectivity index is 2.14. The molecule has 0 unspecified atom stereocenters. The van der Waals surface area contributed by atoms with Crippen LogP contribution in [0.25, 0.3) is 0 Å². The summed E-state index contributed by atoms with van der Waals surface area (Å²) in [6.45, 7) is 1.65. The number of nitrogens with zero attached hydrogens (tertiary/aromatic N) is 4. The normalized spacial score (nSPS) is 12.0. The molecule has 0 aliphatic carbocycles. The average molecular weight is 232 g/mol. The molecule has 0 bridgehead atoms. The van der Waals surface area contributed by atoms with Crippen LogP contribution in [0.5, 0.6) is 0 Å². The second kappa shape index (κ2) is 3.62. The minimum atomic E-state index is -4.43. The molecular weight excluding hydrogens is 225 g/mol. The lowest BCUT2D eigenvalue weighted by molar-refractivity contribution is -0.141. The van der Waals surface area contributed by atoms with Gasteiger partial charge in [0.2, 0.25) is 5.89 Å². The first-order chi connectivity index (χ1) is 7.45. The predicted molar refractivity (Wildman–Crippen MR) is 45.4 cm³/mol. The fraction of sp³-hybridized carbons (Fsp3) is 0.375. The first-order valence-electron chi connectivity index (χ1n) is 4.35. The van der Waals surface area contributed by atoms with Gasteiger partial charge >= 0.3 is 6.18 Å². The van der Waals surface area contributed by atoms with E-state index in [1.54, 1.807) is 6.92 Å². The maximum atomic E-state index is 12.2. The molecule has 2 rings (SSSR count). The van der Waals surface area contributed by atoms with Crippen LogP contribution in [0, 0.1) is 6.92 Å². The second-order valence-corrected chi connectivity index (χ2v) is 3.13. The highest BCUT2D eigenvalue weighted by atomic mass is 19.4. The van der Waals surface area contributed by atoms with Gasteiger partial charge in [-0.2, -0.15) is 23.3 Å². The maximum absolute atomic E-state index is 12.2. The first-order valence-corrected chi connectivity index (χ1v) is 4.35. The third-order valence-corrected chi connectivity index (χ3v) is 1.80. The van der Waals surface area contributed by atoms with Crippen LogP contribution in [-0.2, 0) is 12.7 Å². The van der Waals surface area contributed by atoms with Crippen LogP contribution < -0.4 is 0 Å². The third-order valence-electron chi connectivity index (χ3n) is 1.80. The summed E-state index contributed by atoms with van der Waals surface area (Å²) in [5.41, 5.74) is -0.937. The lowest BCUT2D eigenvalue weighted by Gasteiger charge is -2.00. The molecule has 0 N–H and O–H groups in total. The molecule has 16 heavy (non-hydrogen) atoms. The minimum Gasteiger partial charge on any atom is -0.340 e. The zero-order valence-corrected chi connectivity index (χ0v) is 8.19. The fourth-order valence-corrected chi connectivity index (χ4v) is 1.15. The van der Waals surface area contributed by atoms with E-state index < -0.39 is 11.9 Å². The van der Waals surface area contributed by atoms with Gasteiger partial charge < -0.3 is 4.52 Å². The van der Waals surface area contributed by atoms with Crippen molar-refractivity contribution in [2.75, 3.05) is 0 Å². The number of hydrogen-bond donors (Lipinski definition) is 0. The summed E-state index contributed by atoms with van der Waals surface area (Å²) in [7, 11) is 0. The third kappa shape index (κ3) is 2.20. The molecule has 0 saturated heterocycles. The molecule has 0 aromatic carbocycles. The van der Waals surface area contributed by atoms with E-state index in [9.17, 15) is 13.2 Å². The van der Waals surface area contributed by atoms with Gasteiger partial charge in [-0.05, 0) is 6.07 Å². The predicted octanol–water partition coefficient (Wildman–Crippen LogP) is 1.64. The van der Waals surface area contributed by atoms with Crippen LogP contribution in [0.4, 0.5) is 13.2 Å². The van der Waals surface area contributed by atoms with E-state index in [1.165, 1.54) is 6.20 Å². The summed E-state index contributed by atoms with van der Waals surface area (Å²) in [6, 6.07) is 0.896. The van der Waals surface area contributed by atoms with Gasteiger partial charge in [0, 0.05) is 13.1 Å².